The molecule has 3 N–H and O–H groups in total. The Balaban J connectivity index is 1.88. The number of aliphatic hydroxyl groups excluding tert-OH is 1. The van der Waals surface area contributed by atoms with Gasteiger partial charge in [-0.2, -0.15) is 0 Å². The molecule has 0 aliphatic carbocycles. The van der Waals surface area contributed by atoms with E-state index < -0.39 is 6.61 Å². The molecule has 3 heterocycles. The molecule has 25 heavy (non-hydrogen) atoms. The van der Waals surface area contributed by atoms with Crippen molar-refractivity contribution in [1.29, 1.82) is 0 Å². The maximum Gasteiger partial charge on any atom is 0.265 e. The van der Waals surface area contributed by atoms with Crippen molar-refractivity contribution in [3.05, 3.63) is 58.8 Å². The van der Waals surface area contributed by atoms with Crippen LogP contribution in [0.5, 0.6) is 5.75 Å². The first kappa shape index (κ1) is 15.2. The number of aromatic nitrogens is 4. The van der Waals surface area contributed by atoms with Gasteiger partial charge in [-0.1, -0.05) is 0 Å². The fraction of sp³-hybridized carbons (Fsp3) is 0.118. The van der Waals surface area contributed by atoms with Crippen molar-refractivity contribution in [1.82, 2.24) is 19.4 Å². The summed E-state index contributed by atoms with van der Waals surface area (Å²) in [6.45, 7) is -0.430. The maximum absolute atomic E-state index is 12.7. The first-order valence-electron chi connectivity index (χ1n) is 7.60. The summed E-state index contributed by atoms with van der Waals surface area (Å²) >= 11 is 0. The highest BCUT2D eigenvalue weighted by Gasteiger charge is 2.15. The van der Waals surface area contributed by atoms with Gasteiger partial charge in [0.15, 0.2) is 11.4 Å². The van der Waals surface area contributed by atoms with Crippen LogP contribution in [0.25, 0.3) is 16.7 Å². The lowest BCUT2D eigenvalue weighted by Gasteiger charge is -2.13. The quantitative estimate of drug-likeness (QED) is 0.525. The number of hydrogen-bond donors (Lipinski definition) is 3. The number of fused-ring (bicyclic) bond motifs is 2. The van der Waals surface area contributed by atoms with Gasteiger partial charge in [0.2, 0.25) is 0 Å². The molecule has 0 aliphatic rings. The third-order valence-electron chi connectivity index (χ3n) is 3.97. The van der Waals surface area contributed by atoms with Crippen molar-refractivity contribution in [2.45, 2.75) is 6.61 Å². The maximum atomic E-state index is 12.7. The van der Waals surface area contributed by atoms with E-state index in [2.05, 4.69) is 20.3 Å². The zero-order valence-corrected chi connectivity index (χ0v) is 13.4. The second-order valence-electron chi connectivity index (χ2n) is 5.43. The number of methoxy groups -OCH3 is 1. The van der Waals surface area contributed by atoms with Crippen molar-refractivity contribution in [3.63, 3.8) is 0 Å². The molecule has 0 spiro atoms. The van der Waals surface area contributed by atoms with E-state index in [0.29, 0.717) is 11.4 Å². The molecule has 0 saturated heterocycles. The third-order valence-corrected chi connectivity index (χ3v) is 3.97. The van der Waals surface area contributed by atoms with Gasteiger partial charge in [-0.15, -0.1) is 0 Å². The van der Waals surface area contributed by atoms with Gasteiger partial charge in [0.1, 0.15) is 5.82 Å². The summed E-state index contributed by atoms with van der Waals surface area (Å²) in [5, 5.41) is 12.8. The second kappa shape index (κ2) is 5.91. The van der Waals surface area contributed by atoms with E-state index in [9.17, 15) is 9.90 Å². The summed E-state index contributed by atoms with van der Waals surface area (Å²) in [5.41, 5.74) is 2.61. The zero-order valence-electron chi connectivity index (χ0n) is 13.4. The molecule has 126 valence electrons. The molecule has 0 fully saturated rings. The molecule has 3 aromatic heterocycles. The Bertz CT molecular complexity index is 1130. The molecule has 1 aromatic carbocycles. The number of hydrogen-bond acceptors (Lipinski definition) is 6. The van der Waals surface area contributed by atoms with E-state index in [4.69, 9.17) is 4.74 Å². The van der Waals surface area contributed by atoms with Gasteiger partial charge in [0.05, 0.1) is 36.6 Å². The van der Waals surface area contributed by atoms with Crippen molar-refractivity contribution in [2.75, 3.05) is 12.4 Å². The number of pyridine rings is 1. The highest BCUT2D eigenvalue weighted by atomic mass is 16.5. The van der Waals surface area contributed by atoms with Crippen LogP contribution in [-0.2, 0) is 6.61 Å². The normalized spacial score (nSPS) is 11.1. The fourth-order valence-electron chi connectivity index (χ4n) is 2.73. The molecular weight excluding hydrogens is 322 g/mol. The van der Waals surface area contributed by atoms with E-state index in [1.165, 1.54) is 11.5 Å². The Morgan fingerprint density at radius 3 is 3.04 bits per heavy atom. The van der Waals surface area contributed by atoms with Crippen LogP contribution in [0.3, 0.4) is 0 Å². The molecule has 8 heteroatoms. The number of H-pyrrole nitrogens is 1. The Morgan fingerprint density at radius 1 is 1.36 bits per heavy atom. The number of aromatic amines is 1. The van der Waals surface area contributed by atoms with Gasteiger partial charge < -0.3 is 20.1 Å². The van der Waals surface area contributed by atoms with Crippen molar-refractivity contribution in [3.8, 4) is 5.75 Å². The van der Waals surface area contributed by atoms with Crippen LogP contribution < -0.4 is 15.6 Å². The van der Waals surface area contributed by atoms with Gasteiger partial charge in [-0.3, -0.25) is 9.20 Å². The van der Waals surface area contributed by atoms with Gasteiger partial charge in [0, 0.05) is 11.9 Å². The predicted molar refractivity (Wildman–Crippen MR) is 93.3 cm³/mol. The van der Waals surface area contributed by atoms with Gasteiger partial charge in [0.25, 0.3) is 5.56 Å². The van der Waals surface area contributed by atoms with Crippen LogP contribution in [0, 0.1) is 0 Å². The minimum absolute atomic E-state index is 0.176. The number of ether oxygens (including phenoxy) is 1. The smallest absolute Gasteiger partial charge is 0.265 e. The summed E-state index contributed by atoms with van der Waals surface area (Å²) in [7, 11) is 1.51. The van der Waals surface area contributed by atoms with E-state index in [-0.39, 0.29) is 16.9 Å². The second-order valence-corrected chi connectivity index (χ2v) is 5.43. The van der Waals surface area contributed by atoms with Crippen LogP contribution >= 0.6 is 0 Å². The Labute approximate surface area is 141 Å². The lowest BCUT2D eigenvalue weighted by atomic mass is 10.2. The molecule has 0 unspecified atom stereocenters. The van der Waals surface area contributed by atoms with Gasteiger partial charge >= 0.3 is 0 Å². The van der Waals surface area contributed by atoms with Crippen molar-refractivity contribution >= 4 is 28.2 Å². The molecule has 0 amide bonds. The monoisotopic (exact) mass is 337 g/mol. The van der Waals surface area contributed by atoms with Crippen LogP contribution in [-0.4, -0.2) is 31.6 Å². The summed E-state index contributed by atoms with van der Waals surface area (Å²) in [4.78, 5) is 24.3. The number of imidazole rings is 1. The highest BCUT2D eigenvalue weighted by Crippen LogP contribution is 2.23. The SMILES string of the molecule is COc1cccn2c(=O)c(CO)c(Nc3ccc4nc[nH]c4c3)nc12. The minimum Gasteiger partial charge on any atom is -0.493 e. The van der Waals surface area contributed by atoms with Crippen LogP contribution in [0.4, 0.5) is 11.5 Å². The topological polar surface area (TPSA) is 105 Å². The van der Waals surface area contributed by atoms with E-state index in [1.807, 2.05) is 18.2 Å². The molecule has 0 aliphatic heterocycles. The third kappa shape index (κ3) is 2.48. The number of benzene rings is 1. The summed E-state index contributed by atoms with van der Waals surface area (Å²) < 4.78 is 6.64. The molecule has 0 bridgehead atoms. The number of rotatable bonds is 4. The van der Waals surface area contributed by atoms with E-state index >= 15 is 0 Å². The largest absolute Gasteiger partial charge is 0.493 e. The van der Waals surface area contributed by atoms with E-state index in [0.717, 1.165) is 16.7 Å². The number of nitrogens with zero attached hydrogens (tertiary/aromatic N) is 3. The summed E-state index contributed by atoms with van der Waals surface area (Å²) in [6.07, 6.45) is 3.20. The van der Waals surface area contributed by atoms with Crippen LogP contribution in [0.15, 0.2) is 47.7 Å². The average Bonchev–Trinajstić information content (AvgIpc) is 3.09. The standard InChI is InChI=1S/C17H15N5O3/c1-25-14-3-2-6-22-16(14)21-15(11(8-23)17(22)24)20-10-4-5-12-13(7-10)19-9-18-12/h2-7,9,20,23H,8H2,1H3,(H,18,19). The van der Waals surface area contributed by atoms with Crippen LogP contribution in [0.2, 0.25) is 0 Å². The predicted octanol–water partition coefficient (Wildman–Crippen LogP) is 1.82. The number of nitrogens with one attached hydrogen (secondary N) is 2. The van der Waals surface area contributed by atoms with E-state index in [1.54, 1.807) is 24.7 Å². The molecule has 0 atom stereocenters. The van der Waals surface area contributed by atoms with Gasteiger partial charge in [-0.05, 0) is 30.3 Å². The Morgan fingerprint density at radius 2 is 2.24 bits per heavy atom. The first-order chi connectivity index (χ1) is 12.2. The Hall–Kier alpha value is -3.39. The zero-order chi connectivity index (χ0) is 17.4. The summed E-state index contributed by atoms with van der Waals surface area (Å²) in [6, 6.07) is 8.95. The molecule has 4 rings (SSSR count). The van der Waals surface area contributed by atoms with Crippen molar-refractivity contribution in [2.24, 2.45) is 0 Å². The minimum atomic E-state index is -0.430. The number of anilines is 2. The lowest BCUT2D eigenvalue weighted by molar-refractivity contribution is 0.280. The lowest BCUT2D eigenvalue weighted by Crippen LogP contribution is -2.22. The Kier molecular flexibility index (Phi) is 3.58. The molecule has 0 saturated carbocycles. The van der Waals surface area contributed by atoms with Crippen molar-refractivity contribution < 1.29 is 9.84 Å². The molecule has 0 radical (unpaired) electrons. The first-order valence-corrected chi connectivity index (χ1v) is 7.60. The van der Waals surface area contributed by atoms with Gasteiger partial charge in [-0.25, -0.2) is 9.97 Å². The highest BCUT2D eigenvalue weighted by molar-refractivity contribution is 5.80. The van der Waals surface area contributed by atoms with Crippen LogP contribution in [0.1, 0.15) is 5.56 Å². The number of aliphatic hydroxyl groups is 1. The molecule has 8 nitrogen and oxygen atoms in total. The summed E-state index contributed by atoms with van der Waals surface area (Å²) in [5.74, 6) is 0.757. The molecular formula is C17H15N5O3. The fourth-order valence-corrected chi connectivity index (χ4v) is 2.73. The molecule has 4 aromatic rings. The average molecular weight is 337 g/mol.